The highest BCUT2D eigenvalue weighted by Crippen LogP contribution is 1.91. The largest absolute Gasteiger partial charge is 0.463 e. The van der Waals surface area contributed by atoms with Gasteiger partial charge in [0.1, 0.15) is 0 Å². The van der Waals surface area contributed by atoms with Crippen LogP contribution in [0.3, 0.4) is 0 Å². The Morgan fingerprint density at radius 3 is 2.00 bits per heavy atom. The molecule has 0 aliphatic carbocycles. The summed E-state index contributed by atoms with van der Waals surface area (Å²) in [6.45, 7) is 2.46. The van der Waals surface area contributed by atoms with Gasteiger partial charge in [0.2, 0.25) is 0 Å². The number of aliphatic hydroxyl groups is 1. The lowest BCUT2D eigenvalue weighted by Gasteiger charge is -2.00. The second-order valence-electron chi connectivity index (χ2n) is 3.10. The molecule has 0 aliphatic heterocycles. The number of esters is 2. The van der Waals surface area contributed by atoms with Gasteiger partial charge in [-0.15, -0.1) is 0 Å². The summed E-state index contributed by atoms with van der Waals surface area (Å²) in [6.07, 6.45) is 4.20. The van der Waals surface area contributed by atoms with Gasteiger partial charge < -0.3 is 14.6 Å². The van der Waals surface area contributed by atoms with Crippen LogP contribution in [0.25, 0.3) is 0 Å². The molecule has 5 heteroatoms. The zero-order valence-electron chi connectivity index (χ0n) is 9.48. The predicted molar refractivity (Wildman–Crippen MR) is 57.7 cm³/mol. The Hall–Kier alpha value is -1.36. The molecular formula is C11H18O5. The quantitative estimate of drug-likeness (QED) is 0.379. The van der Waals surface area contributed by atoms with Crippen molar-refractivity contribution in [2.24, 2.45) is 0 Å². The third-order valence-electron chi connectivity index (χ3n) is 1.64. The minimum Gasteiger partial charge on any atom is -0.463 e. The van der Waals surface area contributed by atoms with Crippen molar-refractivity contribution in [2.75, 3.05) is 19.8 Å². The summed E-state index contributed by atoms with van der Waals surface area (Å²) in [6, 6.07) is 0. The van der Waals surface area contributed by atoms with Crippen molar-refractivity contribution in [3.63, 3.8) is 0 Å². The topological polar surface area (TPSA) is 72.8 Å². The molecule has 0 amide bonds. The van der Waals surface area contributed by atoms with Crippen LogP contribution in [0.2, 0.25) is 0 Å². The SMILES string of the molecule is CCCCOC(=O)/C=C/C(=O)OCCCO. The molecule has 0 aromatic rings. The summed E-state index contributed by atoms with van der Waals surface area (Å²) in [5.74, 6) is -1.16. The molecular weight excluding hydrogens is 212 g/mol. The number of hydrogen-bond donors (Lipinski definition) is 1. The molecule has 0 fully saturated rings. The molecule has 0 heterocycles. The molecule has 0 aliphatic rings. The zero-order chi connectivity index (χ0) is 12.2. The van der Waals surface area contributed by atoms with Crippen LogP contribution in [0.4, 0.5) is 0 Å². The maximum absolute atomic E-state index is 11.0. The molecule has 5 nitrogen and oxygen atoms in total. The predicted octanol–water partition coefficient (Wildman–Crippen LogP) is 0.811. The summed E-state index contributed by atoms with van der Waals surface area (Å²) in [5.41, 5.74) is 0. The lowest BCUT2D eigenvalue weighted by Crippen LogP contribution is -2.06. The van der Waals surface area contributed by atoms with Crippen LogP contribution in [0, 0.1) is 0 Å². The average molecular weight is 230 g/mol. The minimum absolute atomic E-state index is 0.0317. The maximum atomic E-state index is 11.0. The molecule has 0 atom stereocenters. The van der Waals surface area contributed by atoms with Crippen LogP contribution in [0.15, 0.2) is 12.2 Å². The number of aliphatic hydroxyl groups excluding tert-OH is 1. The number of hydrogen-bond acceptors (Lipinski definition) is 5. The molecule has 0 spiro atoms. The highest BCUT2D eigenvalue weighted by atomic mass is 16.5. The first-order valence-corrected chi connectivity index (χ1v) is 5.33. The van der Waals surface area contributed by atoms with Crippen LogP contribution >= 0.6 is 0 Å². The second-order valence-corrected chi connectivity index (χ2v) is 3.10. The van der Waals surface area contributed by atoms with Crippen LogP contribution in [-0.4, -0.2) is 36.9 Å². The lowest BCUT2D eigenvalue weighted by molar-refractivity contribution is -0.140. The molecule has 0 aromatic carbocycles. The smallest absolute Gasteiger partial charge is 0.331 e. The molecule has 0 radical (unpaired) electrons. The van der Waals surface area contributed by atoms with Gasteiger partial charge in [-0.3, -0.25) is 0 Å². The molecule has 1 N–H and O–H groups in total. The molecule has 92 valence electrons. The van der Waals surface area contributed by atoms with E-state index in [-0.39, 0.29) is 13.2 Å². The average Bonchev–Trinajstić information content (AvgIpc) is 2.27. The van der Waals surface area contributed by atoms with E-state index in [2.05, 4.69) is 4.74 Å². The summed E-state index contributed by atoms with van der Waals surface area (Å²) in [7, 11) is 0. The van der Waals surface area contributed by atoms with Crippen molar-refractivity contribution in [1.82, 2.24) is 0 Å². The van der Waals surface area contributed by atoms with Crippen molar-refractivity contribution in [1.29, 1.82) is 0 Å². The Bertz CT molecular complexity index is 211. The van der Waals surface area contributed by atoms with Crippen LogP contribution < -0.4 is 0 Å². The third-order valence-corrected chi connectivity index (χ3v) is 1.64. The van der Waals surface area contributed by atoms with Crippen LogP contribution in [0.1, 0.15) is 26.2 Å². The molecule has 0 saturated carbocycles. The lowest BCUT2D eigenvalue weighted by atomic mass is 10.4. The fourth-order valence-electron chi connectivity index (χ4n) is 0.787. The Balaban J connectivity index is 3.63. The monoisotopic (exact) mass is 230 g/mol. The Labute approximate surface area is 95.0 Å². The first kappa shape index (κ1) is 14.6. The number of ether oxygens (including phenoxy) is 2. The van der Waals surface area contributed by atoms with Crippen molar-refractivity contribution < 1.29 is 24.2 Å². The molecule has 0 aromatic heterocycles. The van der Waals surface area contributed by atoms with Crippen molar-refractivity contribution in [3.05, 3.63) is 12.2 Å². The van der Waals surface area contributed by atoms with E-state index >= 15 is 0 Å². The highest BCUT2D eigenvalue weighted by Gasteiger charge is 2.00. The van der Waals surface area contributed by atoms with Crippen molar-refractivity contribution >= 4 is 11.9 Å². The van der Waals surface area contributed by atoms with Gasteiger partial charge in [0, 0.05) is 25.2 Å². The molecule has 0 unspecified atom stereocenters. The van der Waals surface area contributed by atoms with Crippen LogP contribution in [-0.2, 0) is 19.1 Å². The maximum Gasteiger partial charge on any atom is 0.331 e. The normalized spacial score (nSPS) is 10.4. The van der Waals surface area contributed by atoms with E-state index in [1.165, 1.54) is 0 Å². The van der Waals surface area contributed by atoms with E-state index in [9.17, 15) is 9.59 Å². The molecule has 0 saturated heterocycles. The van der Waals surface area contributed by atoms with Crippen LogP contribution in [0.5, 0.6) is 0 Å². The standard InChI is InChI=1S/C11H18O5/c1-2-3-8-15-10(13)5-6-11(14)16-9-4-7-12/h5-6,12H,2-4,7-9H2,1H3/b6-5+. The van der Waals surface area contributed by atoms with E-state index in [1.54, 1.807) is 0 Å². The van der Waals surface area contributed by atoms with E-state index in [1.807, 2.05) is 6.92 Å². The summed E-state index contributed by atoms with van der Waals surface area (Å²) in [5, 5.41) is 8.43. The molecule has 16 heavy (non-hydrogen) atoms. The van der Waals surface area contributed by atoms with E-state index in [0.29, 0.717) is 13.0 Å². The summed E-state index contributed by atoms with van der Waals surface area (Å²) < 4.78 is 9.45. The number of carbonyl (C=O) groups excluding carboxylic acids is 2. The Kier molecular flexibility index (Phi) is 9.30. The van der Waals surface area contributed by atoms with Gasteiger partial charge in [0.05, 0.1) is 13.2 Å². The fraction of sp³-hybridized carbons (Fsp3) is 0.636. The van der Waals surface area contributed by atoms with E-state index in [0.717, 1.165) is 25.0 Å². The fourth-order valence-corrected chi connectivity index (χ4v) is 0.787. The van der Waals surface area contributed by atoms with Gasteiger partial charge in [0.15, 0.2) is 0 Å². The third kappa shape index (κ3) is 9.21. The Morgan fingerprint density at radius 1 is 1.06 bits per heavy atom. The van der Waals surface area contributed by atoms with Gasteiger partial charge >= 0.3 is 11.9 Å². The first-order chi connectivity index (χ1) is 7.70. The van der Waals surface area contributed by atoms with Gasteiger partial charge in [-0.25, -0.2) is 9.59 Å². The van der Waals surface area contributed by atoms with Gasteiger partial charge in [0.25, 0.3) is 0 Å². The number of unbranched alkanes of at least 4 members (excludes halogenated alkanes) is 1. The van der Waals surface area contributed by atoms with Crippen molar-refractivity contribution in [3.8, 4) is 0 Å². The van der Waals surface area contributed by atoms with Crippen molar-refractivity contribution in [2.45, 2.75) is 26.2 Å². The zero-order valence-corrected chi connectivity index (χ0v) is 9.48. The van der Waals surface area contributed by atoms with Gasteiger partial charge in [-0.1, -0.05) is 13.3 Å². The van der Waals surface area contributed by atoms with Gasteiger partial charge in [-0.2, -0.15) is 0 Å². The van der Waals surface area contributed by atoms with E-state index in [4.69, 9.17) is 9.84 Å². The summed E-state index contributed by atoms with van der Waals surface area (Å²) in [4.78, 5) is 21.9. The van der Waals surface area contributed by atoms with E-state index < -0.39 is 11.9 Å². The molecule has 0 bridgehead atoms. The number of rotatable bonds is 8. The summed E-state index contributed by atoms with van der Waals surface area (Å²) >= 11 is 0. The second kappa shape index (κ2) is 10.2. The Morgan fingerprint density at radius 2 is 1.56 bits per heavy atom. The molecule has 0 rings (SSSR count). The first-order valence-electron chi connectivity index (χ1n) is 5.33. The highest BCUT2D eigenvalue weighted by molar-refractivity contribution is 5.91. The van der Waals surface area contributed by atoms with Gasteiger partial charge in [-0.05, 0) is 6.42 Å². The number of carbonyl (C=O) groups is 2. The minimum atomic E-state index is -0.610.